The lowest BCUT2D eigenvalue weighted by atomic mass is 9.90. The number of aliphatic hydroxyl groups is 1. The predicted octanol–water partition coefficient (Wildman–Crippen LogP) is 1.48. The molecule has 110 valence electrons. The van der Waals surface area contributed by atoms with Crippen molar-refractivity contribution in [3.05, 3.63) is 35.9 Å². The van der Waals surface area contributed by atoms with Gasteiger partial charge in [-0.25, -0.2) is 0 Å². The van der Waals surface area contributed by atoms with Crippen LogP contribution in [-0.4, -0.2) is 48.8 Å². The number of carbonyl (C=O) groups excluding carboxylic acids is 1. The molecular formula is C16H23NO3. The number of carbonyl (C=O) groups is 1. The van der Waals surface area contributed by atoms with Crippen LogP contribution in [0.1, 0.15) is 18.4 Å². The summed E-state index contributed by atoms with van der Waals surface area (Å²) in [6.07, 6.45) is 3.21. The number of likely N-dealkylation sites (tertiary alicyclic amines) is 1. The molecule has 1 aliphatic rings. The molecule has 0 spiro atoms. The Kier molecular flexibility index (Phi) is 6.02. The summed E-state index contributed by atoms with van der Waals surface area (Å²) in [4.78, 5) is 13.7. The smallest absolute Gasteiger partial charge is 0.248 e. The van der Waals surface area contributed by atoms with Crippen LogP contribution in [0.5, 0.6) is 0 Å². The summed E-state index contributed by atoms with van der Waals surface area (Å²) < 4.78 is 5.08. The van der Waals surface area contributed by atoms with Crippen LogP contribution in [-0.2, 0) is 16.0 Å². The van der Waals surface area contributed by atoms with Crippen LogP contribution in [0.2, 0.25) is 0 Å². The zero-order valence-corrected chi connectivity index (χ0v) is 11.8. The lowest BCUT2D eigenvalue weighted by Gasteiger charge is -2.32. The Morgan fingerprint density at radius 1 is 1.25 bits per heavy atom. The SMILES string of the molecule is O=C(COCCO)N1CCC(Cc2ccccc2)CC1. The average Bonchev–Trinajstić information content (AvgIpc) is 2.49. The van der Waals surface area contributed by atoms with Crippen LogP contribution < -0.4 is 0 Å². The number of nitrogens with zero attached hydrogens (tertiary/aromatic N) is 1. The number of hydrogen-bond donors (Lipinski definition) is 1. The molecule has 1 aromatic carbocycles. The molecule has 2 rings (SSSR count). The van der Waals surface area contributed by atoms with Crippen molar-refractivity contribution in [1.29, 1.82) is 0 Å². The van der Waals surface area contributed by atoms with Crippen LogP contribution >= 0.6 is 0 Å². The zero-order valence-electron chi connectivity index (χ0n) is 11.8. The summed E-state index contributed by atoms with van der Waals surface area (Å²) in [5.74, 6) is 0.705. The van der Waals surface area contributed by atoms with Crippen LogP contribution in [0.4, 0.5) is 0 Å². The van der Waals surface area contributed by atoms with Crippen molar-refractivity contribution < 1.29 is 14.6 Å². The number of ether oxygens (including phenoxy) is 1. The molecule has 0 saturated carbocycles. The van der Waals surface area contributed by atoms with Gasteiger partial charge in [0.2, 0.25) is 5.91 Å². The fourth-order valence-electron chi connectivity index (χ4n) is 2.65. The van der Waals surface area contributed by atoms with Crippen molar-refractivity contribution in [2.45, 2.75) is 19.3 Å². The molecule has 1 N–H and O–H groups in total. The zero-order chi connectivity index (χ0) is 14.2. The molecule has 1 saturated heterocycles. The molecule has 1 aromatic rings. The molecule has 4 nitrogen and oxygen atoms in total. The van der Waals surface area contributed by atoms with E-state index in [4.69, 9.17) is 9.84 Å². The lowest BCUT2D eigenvalue weighted by Crippen LogP contribution is -2.40. The van der Waals surface area contributed by atoms with E-state index < -0.39 is 0 Å². The van der Waals surface area contributed by atoms with E-state index in [1.165, 1.54) is 5.56 Å². The van der Waals surface area contributed by atoms with E-state index in [2.05, 4.69) is 24.3 Å². The Morgan fingerprint density at radius 3 is 2.60 bits per heavy atom. The second-order valence-electron chi connectivity index (χ2n) is 5.29. The van der Waals surface area contributed by atoms with Gasteiger partial charge in [-0.3, -0.25) is 4.79 Å². The summed E-state index contributed by atoms with van der Waals surface area (Å²) >= 11 is 0. The van der Waals surface area contributed by atoms with Gasteiger partial charge in [0.15, 0.2) is 0 Å². The van der Waals surface area contributed by atoms with Gasteiger partial charge in [-0.2, -0.15) is 0 Å². The van der Waals surface area contributed by atoms with Gasteiger partial charge in [-0.1, -0.05) is 30.3 Å². The number of benzene rings is 1. The second-order valence-corrected chi connectivity index (χ2v) is 5.29. The van der Waals surface area contributed by atoms with Gasteiger partial charge >= 0.3 is 0 Å². The van der Waals surface area contributed by atoms with Gasteiger partial charge in [-0.05, 0) is 30.7 Å². The van der Waals surface area contributed by atoms with Gasteiger partial charge in [0.25, 0.3) is 0 Å². The maximum atomic E-state index is 11.9. The van der Waals surface area contributed by atoms with E-state index in [1.54, 1.807) is 0 Å². The molecular weight excluding hydrogens is 254 g/mol. The summed E-state index contributed by atoms with van der Waals surface area (Å²) in [6.45, 7) is 1.92. The van der Waals surface area contributed by atoms with Gasteiger partial charge < -0.3 is 14.7 Å². The van der Waals surface area contributed by atoms with Gasteiger partial charge in [-0.15, -0.1) is 0 Å². The highest BCUT2D eigenvalue weighted by Crippen LogP contribution is 2.21. The lowest BCUT2D eigenvalue weighted by molar-refractivity contribution is -0.137. The van der Waals surface area contributed by atoms with Crippen LogP contribution in [0.3, 0.4) is 0 Å². The number of amides is 1. The Morgan fingerprint density at radius 2 is 1.95 bits per heavy atom. The molecule has 20 heavy (non-hydrogen) atoms. The van der Waals surface area contributed by atoms with E-state index in [1.807, 2.05) is 11.0 Å². The van der Waals surface area contributed by atoms with E-state index in [0.717, 1.165) is 32.4 Å². The third-order valence-corrected chi connectivity index (χ3v) is 3.80. The third-order valence-electron chi connectivity index (χ3n) is 3.80. The largest absolute Gasteiger partial charge is 0.394 e. The van der Waals surface area contributed by atoms with Crippen LogP contribution in [0.25, 0.3) is 0 Å². The van der Waals surface area contributed by atoms with Crippen molar-refractivity contribution >= 4 is 5.91 Å². The molecule has 1 amide bonds. The fourth-order valence-corrected chi connectivity index (χ4v) is 2.65. The van der Waals surface area contributed by atoms with E-state index in [0.29, 0.717) is 5.92 Å². The van der Waals surface area contributed by atoms with Crippen molar-refractivity contribution in [3.8, 4) is 0 Å². The van der Waals surface area contributed by atoms with Gasteiger partial charge in [0.1, 0.15) is 6.61 Å². The molecule has 1 aliphatic heterocycles. The second kappa shape index (κ2) is 8.02. The molecule has 1 fully saturated rings. The first-order chi connectivity index (χ1) is 9.79. The maximum absolute atomic E-state index is 11.9. The minimum atomic E-state index is -0.0353. The molecule has 4 heteroatoms. The first-order valence-electron chi connectivity index (χ1n) is 7.30. The van der Waals surface area contributed by atoms with Crippen LogP contribution in [0, 0.1) is 5.92 Å². The molecule has 0 unspecified atom stereocenters. The summed E-state index contributed by atoms with van der Waals surface area (Å²) in [7, 11) is 0. The van der Waals surface area contributed by atoms with Crippen molar-refractivity contribution in [1.82, 2.24) is 4.90 Å². The normalized spacial score (nSPS) is 16.4. The Balaban J connectivity index is 1.71. The monoisotopic (exact) mass is 277 g/mol. The summed E-state index contributed by atoms with van der Waals surface area (Å²) in [5, 5.41) is 8.61. The summed E-state index contributed by atoms with van der Waals surface area (Å²) in [5.41, 5.74) is 1.38. The molecule has 0 atom stereocenters. The van der Waals surface area contributed by atoms with Crippen molar-refractivity contribution in [2.75, 3.05) is 32.9 Å². The molecule has 0 radical (unpaired) electrons. The summed E-state index contributed by atoms with van der Waals surface area (Å²) in [6, 6.07) is 10.5. The topological polar surface area (TPSA) is 49.8 Å². The average molecular weight is 277 g/mol. The third kappa shape index (κ3) is 4.62. The Bertz CT molecular complexity index is 399. The van der Waals surface area contributed by atoms with Crippen molar-refractivity contribution in [2.24, 2.45) is 5.92 Å². The maximum Gasteiger partial charge on any atom is 0.248 e. The minimum Gasteiger partial charge on any atom is -0.394 e. The molecule has 1 heterocycles. The Labute approximate surface area is 120 Å². The Hall–Kier alpha value is -1.39. The number of aliphatic hydroxyl groups excluding tert-OH is 1. The van der Waals surface area contributed by atoms with E-state index >= 15 is 0 Å². The number of rotatable bonds is 6. The molecule has 0 aromatic heterocycles. The highest BCUT2D eigenvalue weighted by Gasteiger charge is 2.22. The van der Waals surface area contributed by atoms with Gasteiger partial charge in [0.05, 0.1) is 13.2 Å². The quantitative estimate of drug-likeness (QED) is 0.801. The molecule has 0 aliphatic carbocycles. The predicted molar refractivity (Wildman–Crippen MR) is 77.4 cm³/mol. The van der Waals surface area contributed by atoms with E-state index in [-0.39, 0.29) is 25.7 Å². The number of hydrogen-bond acceptors (Lipinski definition) is 3. The first-order valence-corrected chi connectivity index (χ1v) is 7.30. The van der Waals surface area contributed by atoms with Gasteiger partial charge in [0, 0.05) is 13.1 Å². The van der Waals surface area contributed by atoms with Crippen LogP contribution in [0.15, 0.2) is 30.3 Å². The highest BCUT2D eigenvalue weighted by molar-refractivity contribution is 5.77. The standard InChI is InChI=1S/C16H23NO3/c18-10-11-20-13-16(19)17-8-6-15(7-9-17)12-14-4-2-1-3-5-14/h1-5,15,18H,6-13H2. The minimum absolute atomic E-state index is 0.0353. The van der Waals surface area contributed by atoms with Crippen molar-refractivity contribution in [3.63, 3.8) is 0 Å². The number of piperidine rings is 1. The highest BCUT2D eigenvalue weighted by atomic mass is 16.5. The fraction of sp³-hybridized carbons (Fsp3) is 0.562. The first kappa shape index (κ1) is 15.0. The molecule has 0 bridgehead atoms. The van der Waals surface area contributed by atoms with E-state index in [9.17, 15) is 4.79 Å².